The molecule has 2 unspecified atom stereocenters. The number of carbonyl (C=O) groups excluding carboxylic acids is 11. The summed E-state index contributed by atoms with van der Waals surface area (Å²) in [4.78, 5) is 159. The van der Waals surface area contributed by atoms with Gasteiger partial charge < -0.3 is 57.0 Å². The van der Waals surface area contributed by atoms with E-state index in [2.05, 4.69) is 72.5 Å². The second kappa shape index (κ2) is 50.3. The fourth-order valence-corrected chi connectivity index (χ4v) is 16.0. The third kappa shape index (κ3) is 30.8. The molecule has 5 heterocycles. The zero-order chi connectivity index (χ0) is 98.4. The first-order valence-corrected chi connectivity index (χ1v) is 45.1. The maximum atomic E-state index is 13.6. The molecule has 0 radical (unpaired) electrons. The van der Waals surface area contributed by atoms with Crippen LogP contribution in [0.3, 0.4) is 0 Å². The van der Waals surface area contributed by atoms with E-state index in [1.807, 2.05) is 184 Å². The number of benzene rings is 8. The molecule has 11 amide bonds. The van der Waals surface area contributed by atoms with Crippen molar-refractivity contribution in [2.75, 3.05) is 26.2 Å². The van der Waals surface area contributed by atoms with Gasteiger partial charge in [0.05, 0.1) is 60.6 Å². The molecule has 0 aromatic heterocycles. The Morgan fingerprint density at radius 1 is 0.348 bits per heavy atom. The van der Waals surface area contributed by atoms with E-state index < -0.39 is 113 Å². The number of halogens is 6. The molecule has 5 aliphatic rings. The number of fused-ring (bicyclic) bond motifs is 1. The number of aliphatic carboxylic acids is 1. The summed E-state index contributed by atoms with van der Waals surface area (Å²) in [6.45, 7) is 23.1. The highest BCUT2D eigenvalue weighted by molar-refractivity contribution is 6.23. The van der Waals surface area contributed by atoms with Gasteiger partial charge in [0.2, 0.25) is 53.2 Å². The minimum absolute atomic E-state index is 0.00431. The molecular formula is C105H119F6N11O13. The van der Waals surface area contributed by atoms with Gasteiger partial charge in [0.15, 0.2) is 0 Å². The summed E-state index contributed by atoms with van der Waals surface area (Å²) in [5, 5.41) is 21.3. The van der Waals surface area contributed by atoms with E-state index in [9.17, 15) is 83.9 Å². The highest BCUT2D eigenvalue weighted by Gasteiger charge is 2.46. The number of nitrogens with zero attached hydrogens (tertiary/aromatic N) is 5. The number of carboxylic acids is 1. The number of carbonyl (C=O) groups is 12. The number of nitrogens with two attached hydrogens (primary N) is 1. The van der Waals surface area contributed by atoms with Crippen LogP contribution in [-0.4, -0.2) is 169 Å². The van der Waals surface area contributed by atoms with Crippen LogP contribution in [-0.2, 0) is 67.2 Å². The summed E-state index contributed by atoms with van der Waals surface area (Å²) in [5.41, 5.74) is 11.3. The van der Waals surface area contributed by atoms with Crippen LogP contribution in [0, 0.1) is 58.6 Å². The van der Waals surface area contributed by atoms with Crippen LogP contribution in [0.25, 0.3) is 0 Å². The molecule has 135 heavy (non-hydrogen) atoms. The molecule has 0 saturated carbocycles. The monoisotopic (exact) mass is 1860 g/mol. The van der Waals surface area contributed by atoms with Gasteiger partial charge >= 0.3 is 5.97 Å². The predicted octanol–water partition coefficient (Wildman–Crippen LogP) is 14.8. The summed E-state index contributed by atoms with van der Waals surface area (Å²) in [5.74, 6) is -8.80. The Morgan fingerprint density at radius 3 is 0.896 bits per heavy atom. The lowest BCUT2D eigenvalue weighted by molar-refractivity contribution is -0.141. The smallest absolute Gasteiger partial charge is 0.325 e. The number of amides is 11. The minimum Gasteiger partial charge on any atom is -0.480 e. The Hall–Kier alpha value is -13.9. The number of imide groups is 1. The maximum absolute atomic E-state index is 13.6. The summed E-state index contributed by atoms with van der Waals surface area (Å²) >= 11 is 0. The number of nitrogens with one attached hydrogen (secondary N) is 5. The molecule has 8 aromatic carbocycles. The number of hydrogen-bond acceptors (Lipinski definition) is 13. The largest absolute Gasteiger partial charge is 0.480 e. The lowest BCUT2D eigenvalue weighted by Gasteiger charge is -2.34. The predicted molar refractivity (Wildman–Crippen MR) is 501 cm³/mol. The number of hydrogen-bond donors (Lipinski definition) is 7. The van der Waals surface area contributed by atoms with Crippen LogP contribution >= 0.6 is 0 Å². The zero-order valence-corrected chi connectivity index (χ0v) is 77.5. The third-order valence-corrected chi connectivity index (χ3v) is 22.2. The van der Waals surface area contributed by atoms with Crippen LogP contribution in [0.1, 0.15) is 186 Å². The van der Waals surface area contributed by atoms with E-state index in [4.69, 9.17) is 10.8 Å². The highest BCUT2D eigenvalue weighted by Crippen LogP contribution is 2.35. The average molecular weight is 1860 g/mol. The van der Waals surface area contributed by atoms with Crippen molar-refractivity contribution < 1.29 is 89.0 Å². The van der Waals surface area contributed by atoms with Crippen molar-refractivity contribution >= 4 is 70.9 Å². The first kappa shape index (κ1) is 105. The Bertz CT molecular complexity index is 5320. The van der Waals surface area contributed by atoms with E-state index in [0.29, 0.717) is 68.4 Å². The molecule has 0 fully saturated rings. The quantitative estimate of drug-likeness (QED) is 0.0143. The molecule has 5 aliphatic heterocycles. The van der Waals surface area contributed by atoms with Crippen molar-refractivity contribution in [3.05, 3.63) is 334 Å². The minimum atomic E-state index is -1.18. The van der Waals surface area contributed by atoms with Crippen molar-refractivity contribution in [3.63, 3.8) is 0 Å². The van der Waals surface area contributed by atoms with Gasteiger partial charge in [-0.3, -0.25) is 62.4 Å². The SMILES string of the molecule is CC(C)CN1C(=O)C(N)CC=C[C@H]1c1ccccc1.CC(C)CN1C(=O)C(N2C(=O)c3ccccc3C2=O)CC=C[C@H]1c1ccccc1.CC(C)CN1C(=O)[C@@H](NC(=O)[C@H](C)NC(=O)Cc2cc(F)cc(F)c2)CC=C[C@H]1c1ccccc1.CC(C)CN1C(=O)[C@H](NC(=O)[C@H](C)NC(=O)Cc2cc(F)cc(F)c2)CC=C[C@H]1c1ccccc1.C[C@H](NC(=O)Cc1cc(F)cc(F)c1)C(=O)O. The summed E-state index contributed by atoms with van der Waals surface area (Å²) < 4.78 is 79.1. The number of rotatable bonds is 27. The standard InChI is InChI=1S/2C27H31F2N3O3.C24H24N2O3.C16H22N2O.C11H11F2NO3/c2*1-17(2)16-32-24(20-8-5-4-6-9-20)11-7-10-23(27(32)35)31-26(34)18(3)30-25(33)14-19-12-21(28)15-22(29)13-19;1-16(2)15-25-20(17-9-4-3-5-10-17)13-8-14-21(24(25)29)26-22(27)18-11-6-7-12-19(18)23(26)28;1-12(2)11-18-15(13-7-4-3-5-8-13)10-6-9-14(17)16(18)19;1-6(11(16)17)14-10(15)4-7-2-8(12)5-9(13)3-7/h2*4-9,11-13,15,17-18,23-24H,10,14,16H2,1-3H3,(H,30,33)(H,31,34);3-13,16,20-21H,14-15H2,1-2H3;3-8,10,12,14-15H,9,11,17H2,1-2H3;2-3,5-6H,4H2,1H3,(H,14,15)(H,16,17)/t18-,23+,24-;18-,23-,24-;20-,21?;14?,15-;6-/m00000/s1. The molecule has 13 rings (SSSR count). The third-order valence-electron chi connectivity index (χ3n) is 22.2. The lowest BCUT2D eigenvalue weighted by Crippen LogP contribution is -2.53. The van der Waals surface area contributed by atoms with Gasteiger partial charge in [-0.25, -0.2) is 26.3 Å². The van der Waals surface area contributed by atoms with Gasteiger partial charge in [-0.15, -0.1) is 0 Å². The van der Waals surface area contributed by atoms with Crippen molar-refractivity contribution in [3.8, 4) is 0 Å². The summed E-state index contributed by atoms with van der Waals surface area (Å²) in [6.07, 6.45) is 16.6. The Kier molecular flexibility index (Phi) is 39.0. The lowest BCUT2D eigenvalue weighted by atomic mass is 10.0. The second-order valence-corrected chi connectivity index (χ2v) is 35.5. The van der Waals surface area contributed by atoms with Crippen LogP contribution in [0.4, 0.5) is 26.3 Å². The van der Waals surface area contributed by atoms with Crippen molar-refractivity contribution in [2.24, 2.45) is 29.4 Å². The van der Waals surface area contributed by atoms with Gasteiger partial charge in [-0.05, 0) is 158 Å². The molecule has 0 saturated heterocycles. The van der Waals surface area contributed by atoms with E-state index in [0.717, 1.165) is 82.2 Å². The number of carboxylic acid groups (broad SMARTS) is 1. The summed E-state index contributed by atoms with van der Waals surface area (Å²) in [6, 6.07) is 48.2. The van der Waals surface area contributed by atoms with E-state index in [1.165, 1.54) is 20.8 Å². The summed E-state index contributed by atoms with van der Waals surface area (Å²) in [7, 11) is 0. The van der Waals surface area contributed by atoms with Gasteiger partial charge in [0.25, 0.3) is 11.8 Å². The van der Waals surface area contributed by atoms with Gasteiger partial charge in [-0.1, -0.05) is 237 Å². The molecule has 24 nitrogen and oxygen atoms in total. The van der Waals surface area contributed by atoms with Crippen LogP contribution < -0.4 is 32.3 Å². The molecule has 8 N–H and O–H groups in total. The van der Waals surface area contributed by atoms with E-state index >= 15 is 0 Å². The van der Waals surface area contributed by atoms with Crippen molar-refractivity contribution in [2.45, 2.75) is 188 Å². The molecule has 8 aromatic rings. The molecule has 714 valence electrons. The van der Waals surface area contributed by atoms with E-state index in [1.54, 1.807) is 39.0 Å². The first-order valence-electron chi connectivity index (χ1n) is 45.1. The maximum Gasteiger partial charge on any atom is 0.325 e. The molecule has 30 heteroatoms. The molecule has 11 atom stereocenters. The van der Waals surface area contributed by atoms with Gasteiger partial charge in [-0.2, -0.15) is 0 Å². The topological polar surface area (TPSA) is 327 Å². The normalized spacial score (nSPS) is 19.3. The first-order chi connectivity index (χ1) is 64.2. The van der Waals surface area contributed by atoms with Crippen LogP contribution in [0.5, 0.6) is 0 Å². The Morgan fingerprint density at radius 2 is 0.607 bits per heavy atom. The van der Waals surface area contributed by atoms with E-state index in [-0.39, 0.29) is 113 Å². The fourth-order valence-electron chi connectivity index (χ4n) is 16.0. The van der Waals surface area contributed by atoms with Crippen LogP contribution in [0.15, 0.2) is 249 Å². The molecule has 0 aliphatic carbocycles. The van der Waals surface area contributed by atoms with Crippen LogP contribution in [0.2, 0.25) is 0 Å². The molecule has 0 spiro atoms. The fraction of sp³-hybridized carbons (Fsp3) is 0.352. The Balaban J connectivity index is 0.000000194. The van der Waals surface area contributed by atoms with Crippen molar-refractivity contribution in [1.82, 2.24) is 51.1 Å². The Labute approximate surface area is 783 Å². The highest BCUT2D eigenvalue weighted by atomic mass is 19.2. The molecular weight excluding hydrogens is 1740 g/mol. The molecule has 0 bridgehead atoms. The van der Waals surface area contributed by atoms with Gasteiger partial charge in [0.1, 0.15) is 71.2 Å². The average Bonchev–Trinajstić information content (AvgIpc) is 1.61. The van der Waals surface area contributed by atoms with Crippen molar-refractivity contribution in [1.29, 1.82) is 0 Å². The zero-order valence-electron chi connectivity index (χ0n) is 77.5. The van der Waals surface area contributed by atoms with Gasteiger partial charge in [0, 0.05) is 44.4 Å². The second-order valence-electron chi connectivity index (χ2n) is 35.5.